The fourth-order valence-electron chi connectivity index (χ4n) is 1.95. The lowest BCUT2D eigenvalue weighted by molar-refractivity contribution is -0.123. The molecule has 0 aliphatic rings. The van der Waals surface area contributed by atoms with Gasteiger partial charge >= 0.3 is 0 Å². The standard InChI is InChI=1S/C16H14N4O2S/c17-20-15(21)10-22-12-5-3-11(4-6-12)16-18-8-7-13(19-16)14-2-1-9-23-14/h1-9H,10,17H2,(H,20,21). The number of thiophene rings is 1. The Labute approximate surface area is 136 Å². The molecule has 23 heavy (non-hydrogen) atoms. The van der Waals surface area contributed by atoms with E-state index in [-0.39, 0.29) is 12.5 Å². The summed E-state index contributed by atoms with van der Waals surface area (Å²) in [5.74, 6) is 5.82. The monoisotopic (exact) mass is 326 g/mol. The van der Waals surface area contributed by atoms with Crippen LogP contribution in [-0.4, -0.2) is 22.5 Å². The number of carbonyl (C=O) groups is 1. The van der Waals surface area contributed by atoms with Crippen LogP contribution in [0, 0.1) is 0 Å². The zero-order valence-corrected chi connectivity index (χ0v) is 12.9. The van der Waals surface area contributed by atoms with Crippen LogP contribution in [0.3, 0.4) is 0 Å². The number of nitrogens with one attached hydrogen (secondary N) is 1. The Morgan fingerprint density at radius 2 is 2.04 bits per heavy atom. The van der Waals surface area contributed by atoms with E-state index in [9.17, 15) is 4.79 Å². The molecule has 0 bridgehead atoms. The number of hydrazine groups is 1. The maximum atomic E-state index is 11.0. The number of amides is 1. The Kier molecular flexibility index (Phi) is 4.60. The van der Waals surface area contributed by atoms with E-state index in [1.165, 1.54) is 0 Å². The highest BCUT2D eigenvalue weighted by Gasteiger charge is 2.06. The van der Waals surface area contributed by atoms with Crippen molar-refractivity contribution in [3.63, 3.8) is 0 Å². The highest BCUT2D eigenvalue weighted by molar-refractivity contribution is 7.13. The fourth-order valence-corrected chi connectivity index (χ4v) is 2.65. The molecule has 2 aromatic heterocycles. The maximum absolute atomic E-state index is 11.0. The second kappa shape index (κ2) is 6.99. The van der Waals surface area contributed by atoms with Crippen LogP contribution in [0.1, 0.15) is 0 Å². The van der Waals surface area contributed by atoms with Crippen molar-refractivity contribution in [3.05, 3.63) is 54.0 Å². The summed E-state index contributed by atoms with van der Waals surface area (Å²) in [5.41, 5.74) is 3.78. The van der Waals surface area contributed by atoms with Gasteiger partial charge in [0.1, 0.15) is 5.75 Å². The van der Waals surface area contributed by atoms with Crippen LogP contribution in [0.4, 0.5) is 0 Å². The lowest BCUT2D eigenvalue weighted by Gasteiger charge is -2.06. The normalized spacial score (nSPS) is 10.3. The van der Waals surface area contributed by atoms with E-state index in [4.69, 9.17) is 10.6 Å². The molecule has 1 amide bonds. The minimum absolute atomic E-state index is 0.125. The first-order valence-electron chi connectivity index (χ1n) is 6.86. The van der Waals surface area contributed by atoms with Crippen molar-refractivity contribution in [2.45, 2.75) is 0 Å². The van der Waals surface area contributed by atoms with Gasteiger partial charge in [0.15, 0.2) is 12.4 Å². The third kappa shape index (κ3) is 3.71. The van der Waals surface area contributed by atoms with Crippen molar-refractivity contribution >= 4 is 17.2 Å². The van der Waals surface area contributed by atoms with Gasteiger partial charge in [-0.2, -0.15) is 0 Å². The molecular formula is C16H14N4O2S. The Morgan fingerprint density at radius 3 is 2.74 bits per heavy atom. The molecule has 0 fully saturated rings. The van der Waals surface area contributed by atoms with E-state index in [1.807, 2.05) is 41.1 Å². The zero-order valence-electron chi connectivity index (χ0n) is 12.1. The third-order valence-electron chi connectivity index (χ3n) is 3.07. The first-order valence-corrected chi connectivity index (χ1v) is 7.74. The molecule has 3 aromatic rings. The van der Waals surface area contributed by atoms with E-state index in [0.29, 0.717) is 11.6 Å². The van der Waals surface area contributed by atoms with Crippen molar-refractivity contribution < 1.29 is 9.53 Å². The number of carbonyl (C=O) groups excluding carboxylic acids is 1. The molecule has 0 spiro atoms. The fraction of sp³-hybridized carbons (Fsp3) is 0.0625. The van der Waals surface area contributed by atoms with Crippen LogP contribution in [-0.2, 0) is 4.79 Å². The predicted molar refractivity (Wildman–Crippen MR) is 88.6 cm³/mol. The number of aromatic nitrogens is 2. The molecule has 0 atom stereocenters. The first-order chi connectivity index (χ1) is 11.3. The van der Waals surface area contributed by atoms with Crippen molar-refractivity contribution in [1.29, 1.82) is 0 Å². The minimum atomic E-state index is -0.388. The zero-order chi connectivity index (χ0) is 16.1. The average Bonchev–Trinajstić information content (AvgIpc) is 3.15. The molecule has 0 saturated heterocycles. The summed E-state index contributed by atoms with van der Waals surface area (Å²) in [7, 11) is 0. The molecule has 7 heteroatoms. The highest BCUT2D eigenvalue weighted by atomic mass is 32.1. The van der Waals surface area contributed by atoms with Crippen molar-refractivity contribution in [3.8, 4) is 27.7 Å². The molecule has 0 saturated carbocycles. The summed E-state index contributed by atoms with van der Waals surface area (Å²) in [5, 5.41) is 2.01. The van der Waals surface area contributed by atoms with Crippen LogP contribution >= 0.6 is 11.3 Å². The van der Waals surface area contributed by atoms with Gasteiger partial charge in [-0.1, -0.05) is 6.07 Å². The summed E-state index contributed by atoms with van der Waals surface area (Å²) >= 11 is 1.64. The van der Waals surface area contributed by atoms with Crippen LogP contribution in [0.25, 0.3) is 22.0 Å². The largest absolute Gasteiger partial charge is 0.484 e. The topological polar surface area (TPSA) is 90.1 Å². The van der Waals surface area contributed by atoms with E-state index >= 15 is 0 Å². The summed E-state index contributed by atoms with van der Waals surface area (Å²) in [6.45, 7) is -0.125. The molecule has 3 rings (SSSR count). The number of nitrogens with zero attached hydrogens (tertiary/aromatic N) is 2. The van der Waals surface area contributed by atoms with Crippen LogP contribution in [0.15, 0.2) is 54.0 Å². The predicted octanol–water partition coefficient (Wildman–Crippen LogP) is 2.24. The summed E-state index contributed by atoms with van der Waals surface area (Å²) in [4.78, 5) is 21.0. The van der Waals surface area contributed by atoms with Crippen molar-refractivity contribution in [2.75, 3.05) is 6.61 Å². The van der Waals surface area contributed by atoms with Crippen LogP contribution in [0.2, 0.25) is 0 Å². The Hall–Kier alpha value is -2.77. The molecule has 2 heterocycles. The smallest absolute Gasteiger partial charge is 0.271 e. The Bertz CT molecular complexity index is 788. The second-order valence-corrected chi connectivity index (χ2v) is 5.57. The molecule has 3 N–H and O–H groups in total. The summed E-state index contributed by atoms with van der Waals surface area (Å²) in [6.07, 6.45) is 1.74. The molecule has 116 valence electrons. The first kappa shape index (κ1) is 15.1. The van der Waals surface area contributed by atoms with Gasteiger partial charge in [0.2, 0.25) is 0 Å². The van der Waals surface area contributed by atoms with Gasteiger partial charge < -0.3 is 4.74 Å². The lowest BCUT2D eigenvalue weighted by Crippen LogP contribution is -2.34. The van der Waals surface area contributed by atoms with Crippen LogP contribution < -0.4 is 16.0 Å². The average molecular weight is 326 g/mol. The maximum Gasteiger partial charge on any atom is 0.271 e. The van der Waals surface area contributed by atoms with Crippen molar-refractivity contribution in [2.24, 2.45) is 5.84 Å². The van der Waals surface area contributed by atoms with E-state index in [0.717, 1.165) is 16.1 Å². The molecule has 1 aromatic carbocycles. The highest BCUT2D eigenvalue weighted by Crippen LogP contribution is 2.25. The van der Waals surface area contributed by atoms with E-state index < -0.39 is 0 Å². The van der Waals surface area contributed by atoms with Crippen LogP contribution in [0.5, 0.6) is 5.75 Å². The second-order valence-electron chi connectivity index (χ2n) is 4.62. The van der Waals surface area contributed by atoms with Gasteiger partial charge in [-0.3, -0.25) is 10.2 Å². The van der Waals surface area contributed by atoms with E-state index in [2.05, 4.69) is 9.97 Å². The summed E-state index contributed by atoms with van der Waals surface area (Å²) < 4.78 is 5.30. The molecule has 0 unspecified atom stereocenters. The van der Waals surface area contributed by atoms with Gasteiger partial charge in [0.25, 0.3) is 5.91 Å². The number of hydrogen-bond donors (Lipinski definition) is 2. The van der Waals surface area contributed by atoms with Gasteiger partial charge in [0, 0.05) is 11.8 Å². The van der Waals surface area contributed by atoms with E-state index in [1.54, 1.807) is 29.7 Å². The SMILES string of the molecule is NNC(=O)COc1ccc(-c2nccc(-c3cccs3)n2)cc1. The lowest BCUT2D eigenvalue weighted by atomic mass is 10.2. The number of hydrogen-bond acceptors (Lipinski definition) is 6. The van der Waals surface area contributed by atoms with Crippen molar-refractivity contribution in [1.82, 2.24) is 15.4 Å². The quantitative estimate of drug-likeness (QED) is 0.426. The number of rotatable bonds is 5. The molecular weight excluding hydrogens is 312 g/mol. The third-order valence-corrected chi connectivity index (χ3v) is 3.97. The number of ether oxygens (including phenoxy) is 1. The molecule has 0 radical (unpaired) electrons. The molecule has 0 aliphatic carbocycles. The van der Waals surface area contributed by atoms with Gasteiger partial charge in [-0.05, 0) is 41.8 Å². The molecule has 6 nitrogen and oxygen atoms in total. The van der Waals surface area contributed by atoms with Gasteiger partial charge in [-0.15, -0.1) is 11.3 Å². The molecule has 0 aliphatic heterocycles. The summed E-state index contributed by atoms with van der Waals surface area (Å²) in [6, 6.07) is 13.1. The minimum Gasteiger partial charge on any atom is -0.484 e. The number of benzene rings is 1. The number of nitrogens with two attached hydrogens (primary N) is 1. The van der Waals surface area contributed by atoms with Gasteiger partial charge in [0.05, 0.1) is 10.6 Å². The Balaban J connectivity index is 1.77. The van der Waals surface area contributed by atoms with Gasteiger partial charge in [-0.25, -0.2) is 15.8 Å². The Morgan fingerprint density at radius 1 is 1.22 bits per heavy atom.